The summed E-state index contributed by atoms with van der Waals surface area (Å²) in [6.45, 7) is 10.2. The maximum absolute atomic E-state index is 2.91. The van der Waals surface area contributed by atoms with Crippen LogP contribution in [0.1, 0.15) is 33.3 Å². The molecule has 28 heavy (non-hydrogen) atoms. The zero-order valence-electron chi connectivity index (χ0n) is 17.2. The van der Waals surface area contributed by atoms with Crippen molar-refractivity contribution in [2.75, 3.05) is 0 Å². The minimum Gasteiger partial charge on any atom is -0.105 e. The van der Waals surface area contributed by atoms with Crippen molar-refractivity contribution in [2.45, 2.75) is 34.6 Å². The van der Waals surface area contributed by atoms with Crippen LogP contribution in [0, 0.1) is 82.4 Å². The topological polar surface area (TPSA) is 0 Å². The molecule has 0 saturated heterocycles. The molecular formula is C25H29Ar2P. The fraction of sp³-hybridized carbons (Fsp3) is 0.200. The van der Waals surface area contributed by atoms with E-state index in [4.69, 9.17) is 0 Å². The molecule has 1 atom stereocenters. The largest absolute Gasteiger partial charge is 0.105 e. The molecule has 0 nitrogen and oxygen atoms in total. The summed E-state index contributed by atoms with van der Waals surface area (Å²) in [4.78, 5) is 0. The van der Waals surface area contributed by atoms with Gasteiger partial charge in [-0.15, -0.1) is 9.24 Å². The third-order valence-corrected chi connectivity index (χ3v) is 4.83. The van der Waals surface area contributed by atoms with E-state index in [1.165, 1.54) is 43.5 Å². The Kier molecular flexibility index (Phi) is 14.6. The van der Waals surface area contributed by atoms with Gasteiger partial charge in [0.25, 0.3) is 0 Å². The van der Waals surface area contributed by atoms with E-state index >= 15 is 0 Å². The van der Waals surface area contributed by atoms with E-state index in [1.807, 2.05) is 27.7 Å². The summed E-state index contributed by atoms with van der Waals surface area (Å²) < 4.78 is 0. The van der Waals surface area contributed by atoms with E-state index in [1.54, 1.807) is 0 Å². The van der Waals surface area contributed by atoms with Gasteiger partial charge in [-0.3, -0.25) is 0 Å². The van der Waals surface area contributed by atoms with Gasteiger partial charge in [0, 0.05) is 75.5 Å². The second-order valence-electron chi connectivity index (χ2n) is 5.73. The Morgan fingerprint density at radius 1 is 0.536 bits per heavy atom. The molecule has 0 aliphatic rings. The Morgan fingerprint density at radius 2 is 0.964 bits per heavy atom. The van der Waals surface area contributed by atoms with E-state index in [0.29, 0.717) is 0 Å². The fourth-order valence-electron chi connectivity index (χ4n) is 3.28. The van der Waals surface area contributed by atoms with Crippen molar-refractivity contribution < 1.29 is 75.5 Å². The van der Waals surface area contributed by atoms with E-state index in [0.717, 1.165) is 0 Å². The summed E-state index contributed by atoms with van der Waals surface area (Å²) >= 11 is 0. The molecule has 0 aliphatic carbocycles. The molecule has 0 N–H and O–H groups in total. The molecule has 0 fully saturated rings. The smallest absolute Gasteiger partial charge is 0 e. The standard InChI is InChI=1S/C21H17P.2C2H6.2Ar/c1-14-10-11-15-6-2-4-8-17(15)20(14)21-18-9-5-3-7-16(18)12-13-19(21)22;2*1-2;;/h2-13H,22H2,1H3;2*1-2H3;;. The van der Waals surface area contributed by atoms with Gasteiger partial charge in [-0.2, -0.15) is 0 Å². The maximum atomic E-state index is 2.91. The number of fused-ring (bicyclic) bond motifs is 2. The predicted octanol–water partition coefficient (Wildman–Crippen LogP) is 7.52. The Morgan fingerprint density at radius 3 is 1.50 bits per heavy atom. The molecule has 0 radical (unpaired) electrons. The molecule has 0 heterocycles. The van der Waals surface area contributed by atoms with Crippen LogP contribution >= 0.6 is 9.24 Å². The van der Waals surface area contributed by atoms with E-state index in [9.17, 15) is 0 Å². The Labute approximate surface area is 232 Å². The van der Waals surface area contributed by atoms with Crippen molar-refractivity contribution in [3.63, 3.8) is 0 Å². The van der Waals surface area contributed by atoms with Crippen molar-refractivity contribution in [3.8, 4) is 11.1 Å². The molecule has 150 valence electrons. The van der Waals surface area contributed by atoms with Crippen LogP contribution in [-0.2, 0) is 0 Å². The summed E-state index contributed by atoms with van der Waals surface area (Å²) in [5.41, 5.74) is 4.00. The first kappa shape index (κ1) is 28.3. The average molecular weight is 440 g/mol. The summed E-state index contributed by atoms with van der Waals surface area (Å²) in [7, 11) is 2.91. The molecule has 4 aromatic rings. The normalized spacial score (nSPS) is 9.21. The maximum Gasteiger partial charge on any atom is 0 e. The fourth-order valence-corrected chi connectivity index (χ4v) is 3.68. The van der Waals surface area contributed by atoms with Gasteiger partial charge in [-0.25, -0.2) is 0 Å². The van der Waals surface area contributed by atoms with Gasteiger partial charge in [0.1, 0.15) is 0 Å². The molecule has 4 aromatic carbocycles. The van der Waals surface area contributed by atoms with Crippen LogP contribution in [0.15, 0.2) is 72.8 Å². The molecular weight excluding hydrogens is 411 g/mol. The van der Waals surface area contributed by atoms with Crippen LogP contribution in [0.4, 0.5) is 0 Å². The first-order valence-electron chi connectivity index (χ1n) is 9.51. The van der Waals surface area contributed by atoms with Gasteiger partial charge in [-0.1, -0.05) is 100 Å². The predicted molar refractivity (Wildman–Crippen MR) is 124 cm³/mol. The van der Waals surface area contributed by atoms with Gasteiger partial charge >= 0.3 is 0 Å². The van der Waals surface area contributed by atoms with Crippen LogP contribution in [0.25, 0.3) is 32.7 Å². The van der Waals surface area contributed by atoms with Gasteiger partial charge in [0.05, 0.1) is 0 Å². The molecule has 0 spiro atoms. The SMILES string of the molecule is CC.CC.Cc1ccc2ccccc2c1-c1c(P)ccc2ccccc12.[Ar].[Ar]. The van der Waals surface area contributed by atoms with Crippen LogP contribution < -0.4 is 5.30 Å². The first-order chi connectivity index (χ1) is 12.8. The van der Waals surface area contributed by atoms with Crippen LogP contribution in [0.3, 0.4) is 0 Å². The van der Waals surface area contributed by atoms with E-state index < -0.39 is 0 Å². The number of rotatable bonds is 1. The zero-order chi connectivity index (χ0) is 19.1. The van der Waals surface area contributed by atoms with Gasteiger partial charge in [-0.05, 0) is 50.5 Å². The summed E-state index contributed by atoms with van der Waals surface area (Å²) in [6, 6.07) is 26.1. The molecule has 0 amide bonds. The molecule has 0 aromatic heterocycles. The summed E-state index contributed by atoms with van der Waals surface area (Å²) in [5, 5.41) is 6.46. The quantitative estimate of drug-likeness (QED) is 0.269. The second-order valence-corrected chi connectivity index (χ2v) is 6.35. The van der Waals surface area contributed by atoms with E-state index in [2.05, 4.69) is 89.0 Å². The molecule has 0 bridgehead atoms. The van der Waals surface area contributed by atoms with Crippen LogP contribution in [0.2, 0.25) is 0 Å². The van der Waals surface area contributed by atoms with Crippen molar-refractivity contribution >= 4 is 36.1 Å². The number of hydrogen-bond donors (Lipinski definition) is 0. The van der Waals surface area contributed by atoms with E-state index in [-0.39, 0.29) is 75.5 Å². The molecule has 0 saturated carbocycles. The summed E-state index contributed by atoms with van der Waals surface area (Å²) in [5.74, 6) is 0. The average Bonchev–Trinajstić information content (AvgIpc) is 2.72. The number of aryl methyl sites for hydroxylation is 1. The third kappa shape index (κ3) is 6.18. The minimum atomic E-state index is 0. The molecule has 3 heteroatoms. The minimum absolute atomic E-state index is 0. The van der Waals surface area contributed by atoms with Crippen molar-refractivity contribution in [1.29, 1.82) is 0 Å². The monoisotopic (exact) mass is 440 g/mol. The van der Waals surface area contributed by atoms with Crippen LogP contribution in [0.5, 0.6) is 0 Å². The molecule has 0 aliphatic heterocycles. The molecule has 4 rings (SSSR count). The van der Waals surface area contributed by atoms with Crippen molar-refractivity contribution in [1.82, 2.24) is 0 Å². The number of hydrogen-bond acceptors (Lipinski definition) is 0. The third-order valence-electron chi connectivity index (χ3n) is 4.35. The van der Waals surface area contributed by atoms with Crippen molar-refractivity contribution in [2.24, 2.45) is 0 Å². The van der Waals surface area contributed by atoms with Crippen molar-refractivity contribution in [3.05, 3.63) is 78.4 Å². The Hall–Kier alpha value is 0.349. The Bertz CT molecular complexity index is 926. The van der Waals surface area contributed by atoms with Crippen LogP contribution in [-0.4, -0.2) is 0 Å². The second kappa shape index (κ2) is 14.4. The molecule has 1 unspecified atom stereocenters. The Balaban J connectivity index is 0.00000115. The van der Waals surface area contributed by atoms with Gasteiger partial charge in [0.15, 0.2) is 0 Å². The van der Waals surface area contributed by atoms with Gasteiger partial charge < -0.3 is 0 Å². The summed E-state index contributed by atoms with van der Waals surface area (Å²) in [6.07, 6.45) is 0. The zero-order valence-corrected chi connectivity index (χ0v) is 19.8. The first-order valence-corrected chi connectivity index (χ1v) is 10.1. The van der Waals surface area contributed by atoms with Gasteiger partial charge in [0.2, 0.25) is 0 Å². The number of benzene rings is 4.